The summed E-state index contributed by atoms with van der Waals surface area (Å²) in [6.45, 7) is 4.62. The molecular formula is C23H30ClN3O2. The molecule has 0 aliphatic carbocycles. The van der Waals surface area contributed by atoms with Crippen LogP contribution in [0, 0.1) is 5.92 Å². The summed E-state index contributed by atoms with van der Waals surface area (Å²) in [6.07, 6.45) is 2.70. The summed E-state index contributed by atoms with van der Waals surface area (Å²) >= 11 is 0. The highest BCUT2D eigenvalue weighted by Crippen LogP contribution is 2.31. The van der Waals surface area contributed by atoms with Crippen molar-refractivity contribution in [2.24, 2.45) is 11.7 Å². The maximum atomic E-state index is 12.5. The van der Waals surface area contributed by atoms with Crippen LogP contribution in [-0.2, 0) is 4.79 Å². The van der Waals surface area contributed by atoms with Crippen molar-refractivity contribution >= 4 is 29.2 Å². The molecule has 1 amide bonds. The summed E-state index contributed by atoms with van der Waals surface area (Å²) < 4.78 is 5.28. The van der Waals surface area contributed by atoms with Crippen molar-refractivity contribution in [3.63, 3.8) is 0 Å². The molecule has 5 nitrogen and oxygen atoms in total. The number of carbonyl (C=O) groups excluding carboxylic acids is 1. The van der Waals surface area contributed by atoms with E-state index < -0.39 is 6.04 Å². The van der Waals surface area contributed by atoms with Crippen molar-refractivity contribution < 1.29 is 9.53 Å². The number of methoxy groups -OCH3 is 1. The number of carbonyl (C=O) groups is 1. The number of benzene rings is 2. The third-order valence-electron chi connectivity index (χ3n) is 5.06. The second-order valence-electron chi connectivity index (χ2n) is 7.60. The largest absolute Gasteiger partial charge is 0.497 e. The molecule has 1 aromatic heterocycles. The van der Waals surface area contributed by atoms with Gasteiger partial charge in [-0.05, 0) is 41.7 Å². The minimum absolute atomic E-state index is 0. The standard InChI is InChI=1S/C23H29N3O2.ClH/c1-15(2)12-21(24)23(27)26-13-19(16-8-10-17(28-3)11-9-16)20-14-25-22-7-5-4-6-18(20)22;/h4-11,14-15,19,21,25H,12-13,24H2,1-3H3,(H,26,27);1H/t19?,21-;/m0./s1. The molecule has 2 atom stereocenters. The summed E-state index contributed by atoms with van der Waals surface area (Å²) in [5, 5.41) is 4.22. The molecule has 4 N–H and O–H groups in total. The number of halogens is 1. The molecule has 0 radical (unpaired) electrons. The Balaban J connectivity index is 0.00000300. The lowest BCUT2D eigenvalue weighted by Crippen LogP contribution is -2.42. The molecule has 2 aromatic carbocycles. The number of aromatic amines is 1. The van der Waals surface area contributed by atoms with E-state index >= 15 is 0 Å². The Bertz CT molecular complexity index is 921. The van der Waals surface area contributed by atoms with Crippen LogP contribution in [0.1, 0.15) is 37.3 Å². The first-order valence-electron chi connectivity index (χ1n) is 9.72. The van der Waals surface area contributed by atoms with Gasteiger partial charge in [0.1, 0.15) is 5.75 Å². The minimum Gasteiger partial charge on any atom is -0.497 e. The quantitative estimate of drug-likeness (QED) is 0.515. The van der Waals surface area contributed by atoms with Crippen LogP contribution in [0.2, 0.25) is 0 Å². The van der Waals surface area contributed by atoms with E-state index in [1.54, 1.807) is 7.11 Å². The Kier molecular flexibility index (Phi) is 8.11. The lowest BCUT2D eigenvalue weighted by atomic mass is 9.90. The number of hydrogen-bond donors (Lipinski definition) is 3. The van der Waals surface area contributed by atoms with Gasteiger partial charge in [-0.25, -0.2) is 0 Å². The van der Waals surface area contributed by atoms with Crippen molar-refractivity contribution in [2.75, 3.05) is 13.7 Å². The van der Waals surface area contributed by atoms with Gasteiger partial charge >= 0.3 is 0 Å². The molecular weight excluding hydrogens is 386 g/mol. The molecule has 156 valence electrons. The Morgan fingerprint density at radius 2 is 1.83 bits per heavy atom. The highest BCUT2D eigenvalue weighted by atomic mass is 35.5. The third-order valence-corrected chi connectivity index (χ3v) is 5.06. The molecule has 0 saturated carbocycles. The maximum absolute atomic E-state index is 12.5. The molecule has 1 heterocycles. The average Bonchev–Trinajstić information content (AvgIpc) is 3.12. The van der Waals surface area contributed by atoms with Crippen LogP contribution < -0.4 is 15.8 Å². The van der Waals surface area contributed by atoms with Crippen LogP contribution in [0.4, 0.5) is 0 Å². The Morgan fingerprint density at radius 3 is 2.48 bits per heavy atom. The van der Waals surface area contributed by atoms with Crippen LogP contribution in [0.25, 0.3) is 10.9 Å². The molecule has 3 aromatic rings. The van der Waals surface area contributed by atoms with Crippen molar-refractivity contribution in [1.82, 2.24) is 10.3 Å². The molecule has 1 unspecified atom stereocenters. The van der Waals surface area contributed by atoms with Gasteiger partial charge in [-0.1, -0.05) is 44.2 Å². The Labute approximate surface area is 178 Å². The van der Waals surface area contributed by atoms with Gasteiger partial charge in [0.25, 0.3) is 0 Å². The van der Waals surface area contributed by atoms with Gasteiger partial charge < -0.3 is 20.8 Å². The van der Waals surface area contributed by atoms with E-state index in [1.807, 2.05) is 42.6 Å². The van der Waals surface area contributed by atoms with Gasteiger partial charge in [-0.2, -0.15) is 0 Å². The smallest absolute Gasteiger partial charge is 0.236 e. The predicted octanol–water partition coefficient (Wildman–Crippen LogP) is 4.22. The first kappa shape index (κ1) is 22.8. The number of para-hydroxylation sites is 1. The Morgan fingerprint density at radius 1 is 1.14 bits per heavy atom. The molecule has 0 saturated heterocycles. The first-order valence-corrected chi connectivity index (χ1v) is 9.72. The molecule has 6 heteroatoms. The van der Waals surface area contributed by atoms with Gasteiger partial charge in [-0.15, -0.1) is 12.4 Å². The van der Waals surface area contributed by atoms with Crippen molar-refractivity contribution in [1.29, 1.82) is 0 Å². The second kappa shape index (κ2) is 10.3. The normalized spacial score (nSPS) is 13.0. The van der Waals surface area contributed by atoms with Gasteiger partial charge in [0.2, 0.25) is 5.91 Å². The molecule has 0 aliphatic rings. The van der Waals surface area contributed by atoms with E-state index in [9.17, 15) is 4.79 Å². The van der Waals surface area contributed by atoms with Gasteiger partial charge in [0.15, 0.2) is 0 Å². The molecule has 0 spiro atoms. The lowest BCUT2D eigenvalue weighted by molar-refractivity contribution is -0.122. The van der Waals surface area contributed by atoms with Gasteiger partial charge in [0, 0.05) is 29.6 Å². The lowest BCUT2D eigenvalue weighted by Gasteiger charge is -2.20. The number of aromatic nitrogens is 1. The predicted molar refractivity (Wildman–Crippen MR) is 121 cm³/mol. The zero-order valence-corrected chi connectivity index (χ0v) is 18.0. The number of fused-ring (bicyclic) bond motifs is 1. The fourth-order valence-electron chi connectivity index (χ4n) is 3.57. The maximum Gasteiger partial charge on any atom is 0.236 e. The fraction of sp³-hybridized carbons (Fsp3) is 0.348. The van der Waals surface area contributed by atoms with Gasteiger partial charge in [0.05, 0.1) is 13.2 Å². The van der Waals surface area contributed by atoms with Crippen molar-refractivity contribution in [3.05, 3.63) is 65.9 Å². The van der Waals surface area contributed by atoms with E-state index in [-0.39, 0.29) is 24.2 Å². The minimum atomic E-state index is -0.487. The van der Waals surface area contributed by atoms with E-state index in [4.69, 9.17) is 10.5 Å². The number of hydrogen-bond acceptors (Lipinski definition) is 3. The highest BCUT2D eigenvalue weighted by molar-refractivity contribution is 5.85. The molecule has 29 heavy (non-hydrogen) atoms. The van der Waals surface area contributed by atoms with Crippen molar-refractivity contribution in [2.45, 2.75) is 32.2 Å². The number of rotatable bonds is 8. The van der Waals surface area contributed by atoms with Crippen LogP contribution in [0.3, 0.4) is 0 Å². The Hall–Kier alpha value is -2.50. The molecule has 0 bridgehead atoms. The number of nitrogens with two attached hydrogens (primary N) is 1. The van der Waals surface area contributed by atoms with E-state index in [0.717, 1.165) is 27.8 Å². The zero-order chi connectivity index (χ0) is 20.1. The van der Waals surface area contributed by atoms with E-state index in [0.29, 0.717) is 18.9 Å². The molecule has 0 aliphatic heterocycles. The van der Waals surface area contributed by atoms with Crippen LogP contribution in [-0.4, -0.2) is 30.6 Å². The summed E-state index contributed by atoms with van der Waals surface area (Å²) in [4.78, 5) is 15.8. The number of amides is 1. The SMILES string of the molecule is COc1ccc(C(CNC(=O)[C@@H](N)CC(C)C)c2c[nH]c3ccccc23)cc1.Cl. The highest BCUT2D eigenvalue weighted by Gasteiger charge is 2.21. The van der Waals surface area contributed by atoms with Crippen LogP contribution in [0.15, 0.2) is 54.7 Å². The second-order valence-corrected chi connectivity index (χ2v) is 7.60. The first-order chi connectivity index (χ1) is 13.5. The number of H-pyrrole nitrogens is 1. The summed E-state index contributed by atoms with van der Waals surface area (Å²) in [6, 6.07) is 15.7. The van der Waals surface area contributed by atoms with E-state index in [1.165, 1.54) is 0 Å². The summed E-state index contributed by atoms with van der Waals surface area (Å²) in [7, 11) is 1.66. The van der Waals surface area contributed by atoms with Gasteiger partial charge in [-0.3, -0.25) is 4.79 Å². The zero-order valence-electron chi connectivity index (χ0n) is 17.1. The van der Waals surface area contributed by atoms with Crippen LogP contribution in [0.5, 0.6) is 5.75 Å². The topological polar surface area (TPSA) is 80.1 Å². The monoisotopic (exact) mass is 415 g/mol. The number of ether oxygens (including phenoxy) is 1. The number of nitrogens with one attached hydrogen (secondary N) is 2. The molecule has 3 rings (SSSR count). The summed E-state index contributed by atoms with van der Waals surface area (Å²) in [5.41, 5.74) is 9.40. The van der Waals surface area contributed by atoms with Crippen molar-refractivity contribution in [3.8, 4) is 5.75 Å². The third kappa shape index (κ3) is 5.52. The molecule has 0 fully saturated rings. The van der Waals surface area contributed by atoms with Crippen LogP contribution >= 0.6 is 12.4 Å². The fourth-order valence-corrected chi connectivity index (χ4v) is 3.57. The summed E-state index contributed by atoms with van der Waals surface area (Å²) in [5.74, 6) is 1.10. The van der Waals surface area contributed by atoms with E-state index in [2.05, 4.69) is 36.3 Å². The average molecular weight is 416 g/mol.